The Bertz CT molecular complexity index is 1340. The second-order valence-electron chi connectivity index (χ2n) is 9.35. The van der Waals surface area contributed by atoms with E-state index in [0.29, 0.717) is 41.8 Å². The maximum absolute atomic E-state index is 14.1. The van der Waals surface area contributed by atoms with Gasteiger partial charge in [-0.25, -0.2) is 13.8 Å². The van der Waals surface area contributed by atoms with Gasteiger partial charge in [-0.15, -0.1) is 11.3 Å². The fraction of sp³-hybridized carbons (Fsp3) is 0.423. The van der Waals surface area contributed by atoms with Gasteiger partial charge in [0, 0.05) is 50.0 Å². The molecule has 4 rings (SSSR count). The largest absolute Gasteiger partial charge is 0.503 e. The predicted octanol–water partition coefficient (Wildman–Crippen LogP) is 3.86. The minimum atomic E-state index is -0.709. The molecule has 8 nitrogen and oxygen atoms in total. The van der Waals surface area contributed by atoms with Gasteiger partial charge in [-0.3, -0.25) is 9.59 Å². The fourth-order valence-electron chi connectivity index (χ4n) is 4.31. The number of pyridine rings is 1. The molecule has 1 atom stereocenters. The monoisotopic (exact) mass is 533 g/mol. The van der Waals surface area contributed by atoms with Crippen LogP contribution in [0.15, 0.2) is 35.4 Å². The number of thiazole rings is 1. The van der Waals surface area contributed by atoms with Gasteiger partial charge in [-0.1, -0.05) is 19.9 Å². The molecule has 11 heteroatoms. The summed E-state index contributed by atoms with van der Waals surface area (Å²) >= 11 is 1.16. The summed E-state index contributed by atoms with van der Waals surface area (Å²) in [6.07, 6.45) is 3.22. The van der Waals surface area contributed by atoms with Crippen molar-refractivity contribution < 1.29 is 28.2 Å². The first-order valence-electron chi connectivity index (χ1n) is 11.9. The Morgan fingerprint density at radius 3 is 2.73 bits per heavy atom. The van der Waals surface area contributed by atoms with Crippen molar-refractivity contribution in [3.63, 3.8) is 0 Å². The number of rotatable bonds is 10. The molecular weight excluding hydrogens is 504 g/mol. The standard InChI is InChI=1S/C26H29F2N3O5S/c1-15(2)11-30-12-18(14-36-7-6-35-3)31-13-20(23(32)24(33)22(31)26(30)34)25-29-10-19(37-25)8-16-4-5-17(27)9-21(16)28/h4-5,9-10,13,15,18,33H,6-8,11-12,14H2,1-3H3/t18-/m1/s1. The molecule has 1 amide bonds. The van der Waals surface area contributed by atoms with Crippen LogP contribution in [-0.2, 0) is 15.9 Å². The average Bonchev–Trinajstić information content (AvgIpc) is 3.31. The number of hydrogen-bond donors (Lipinski definition) is 1. The summed E-state index contributed by atoms with van der Waals surface area (Å²) in [7, 11) is 1.57. The molecule has 37 heavy (non-hydrogen) atoms. The molecule has 0 saturated heterocycles. The zero-order valence-electron chi connectivity index (χ0n) is 20.9. The highest BCUT2D eigenvalue weighted by Gasteiger charge is 2.35. The van der Waals surface area contributed by atoms with Crippen LogP contribution in [0.4, 0.5) is 8.78 Å². The van der Waals surface area contributed by atoms with Crippen LogP contribution in [0.5, 0.6) is 5.75 Å². The lowest BCUT2D eigenvalue weighted by molar-refractivity contribution is 0.0326. The number of ether oxygens (including phenoxy) is 2. The number of nitrogens with zero attached hydrogens (tertiary/aromatic N) is 3. The lowest BCUT2D eigenvalue weighted by Crippen LogP contribution is -2.47. The zero-order valence-corrected chi connectivity index (χ0v) is 21.7. The van der Waals surface area contributed by atoms with Gasteiger partial charge in [-0.05, 0) is 17.5 Å². The second kappa shape index (κ2) is 11.5. The Balaban J connectivity index is 1.69. The molecule has 3 aromatic rings. The van der Waals surface area contributed by atoms with Crippen molar-refractivity contribution in [1.29, 1.82) is 0 Å². The van der Waals surface area contributed by atoms with Crippen LogP contribution in [0.2, 0.25) is 0 Å². The normalized spacial score (nSPS) is 15.5. The van der Waals surface area contributed by atoms with Gasteiger partial charge in [0.2, 0.25) is 5.43 Å². The number of halogens is 2. The highest BCUT2D eigenvalue weighted by Crippen LogP contribution is 2.32. The first kappa shape index (κ1) is 26.9. The molecule has 1 aliphatic rings. The molecule has 0 saturated carbocycles. The Hall–Kier alpha value is -3.15. The lowest BCUT2D eigenvalue weighted by atomic mass is 10.1. The Kier molecular flexibility index (Phi) is 8.35. The van der Waals surface area contributed by atoms with Crippen molar-refractivity contribution in [3.05, 3.63) is 68.6 Å². The minimum absolute atomic E-state index is 0.0776. The van der Waals surface area contributed by atoms with Gasteiger partial charge in [0.1, 0.15) is 16.6 Å². The SMILES string of the molecule is COCCOC[C@H]1CN(CC(C)C)C(=O)c2c(O)c(=O)c(-c3ncc(Cc4ccc(F)cc4F)s3)cn21. The van der Waals surface area contributed by atoms with Crippen molar-refractivity contribution in [2.75, 3.05) is 40.0 Å². The number of aromatic nitrogens is 2. The molecule has 3 heterocycles. The summed E-state index contributed by atoms with van der Waals surface area (Å²) in [5.74, 6) is -2.19. The highest BCUT2D eigenvalue weighted by molar-refractivity contribution is 7.15. The van der Waals surface area contributed by atoms with Crippen molar-refractivity contribution in [3.8, 4) is 16.3 Å². The van der Waals surface area contributed by atoms with E-state index in [1.807, 2.05) is 13.8 Å². The summed E-state index contributed by atoms with van der Waals surface area (Å²) < 4.78 is 39.7. The van der Waals surface area contributed by atoms with Gasteiger partial charge in [0.05, 0.1) is 31.4 Å². The number of amides is 1. The fourth-order valence-corrected chi connectivity index (χ4v) is 5.25. The molecule has 0 bridgehead atoms. The van der Waals surface area contributed by atoms with Crippen LogP contribution in [0.25, 0.3) is 10.6 Å². The molecule has 0 spiro atoms. The van der Waals surface area contributed by atoms with Gasteiger partial charge in [0.15, 0.2) is 11.4 Å². The molecule has 2 aromatic heterocycles. The van der Waals surface area contributed by atoms with Gasteiger partial charge in [0.25, 0.3) is 5.91 Å². The summed E-state index contributed by atoms with van der Waals surface area (Å²) in [4.78, 5) is 33.0. The quantitative estimate of drug-likeness (QED) is 0.398. The van der Waals surface area contributed by atoms with Crippen molar-refractivity contribution in [2.24, 2.45) is 5.92 Å². The van der Waals surface area contributed by atoms with E-state index < -0.39 is 28.7 Å². The topological polar surface area (TPSA) is 93.9 Å². The van der Waals surface area contributed by atoms with Crippen LogP contribution < -0.4 is 5.43 Å². The van der Waals surface area contributed by atoms with Crippen molar-refractivity contribution in [2.45, 2.75) is 26.3 Å². The third kappa shape index (κ3) is 5.89. The molecule has 0 unspecified atom stereocenters. The molecular formula is C26H29F2N3O5S. The van der Waals surface area contributed by atoms with Crippen molar-refractivity contribution >= 4 is 17.2 Å². The zero-order chi connectivity index (χ0) is 26.7. The molecule has 1 aromatic carbocycles. The third-order valence-corrected chi connectivity index (χ3v) is 7.05. The van der Waals surface area contributed by atoms with E-state index in [9.17, 15) is 23.5 Å². The number of fused-ring (bicyclic) bond motifs is 1. The molecule has 0 aliphatic carbocycles. The molecule has 0 fully saturated rings. The van der Waals surface area contributed by atoms with Gasteiger partial charge in [-0.2, -0.15) is 0 Å². The van der Waals surface area contributed by atoms with E-state index in [1.165, 1.54) is 24.5 Å². The maximum atomic E-state index is 14.1. The van der Waals surface area contributed by atoms with E-state index in [4.69, 9.17) is 9.47 Å². The lowest BCUT2D eigenvalue weighted by Gasteiger charge is -2.37. The smallest absolute Gasteiger partial charge is 0.274 e. The molecule has 1 N–H and O–H groups in total. The van der Waals surface area contributed by atoms with Crippen LogP contribution in [0.3, 0.4) is 0 Å². The second-order valence-corrected chi connectivity index (χ2v) is 10.5. The summed E-state index contributed by atoms with van der Waals surface area (Å²) in [5.41, 5.74) is -0.361. The van der Waals surface area contributed by atoms with E-state index >= 15 is 0 Å². The van der Waals surface area contributed by atoms with E-state index in [-0.39, 0.29) is 36.2 Å². The molecule has 0 radical (unpaired) electrons. The van der Waals surface area contributed by atoms with E-state index in [0.717, 1.165) is 17.4 Å². The first-order valence-corrected chi connectivity index (χ1v) is 12.7. The van der Waals surface area contributed by atoms with Crippen LogP contribution in [0.1, 0.15) is 40.8 Å². The molecule has 198 valence electrons. The van der Waals surface area contributed by atoms with Crippen molar-refractivity contribution in [1.82, 2.24) is 14.5 Å². The summed E-state index contributed by atoms with van der Waals surface area (Å²) in [6.45, 7) is 5.80. The highest BCUT2D eigenvalue weighted by atomic mass is 32.1. The Morgan fingerprint density at radius 2 is 2.03 bits per heavy atom. The summed E-state index contributed by atoms with van der Waals surface area (Å²) in [5, 5.41) is 11.2. The van der Waals surface area contributed by atoms with Gasteiger partial charge < -0.3 is 24.0 Å². The maximum Gasteiger partial charge on any atom is 0.274 e. The Labute approximate surface area is 217 Å². The number of hydrogen-bond acceptors (Lipinski definition) is 7. The Morgan fingerprint density at radius 1 is 1.24 bits per heavy atom. The average molecular weight is 534 g/mol. The van der Waals surface area contributed by atoms with E-state index in [2.05, 4.69) is 4.98 Å². The van der Waals surface area contributed by atoms with Crippen LogP contribution in [-0.4, -0.2) is 65.5 Å². The van der Waals surface area contributed by atoms with Crippen LogP contribution >= 0.6 is 11.3 Å². The van der Waals surface area contributed by atoms with Crippen LogP contribution in [0, 0.1) is 17.6 Å². The van der Waals surface area contributed by atoms with Gasteiger partial charge >= 0.3 is 0 Å². The minimum Gasteiger partial charge on any atom is -0.503 e. The molecule has 1 aliphatic heterocycles. The third-order valence-electron chi connectivity index (χ3n) is 6.02. The number of methoxy groups -OCH3 is 1. The number of aromatic hydroxyl groups is 1. The van der Waals surface area contributed by atoms with E-state index in [1.54, 1.807) is 16.6 Å². The number of benzene rings is 1. The summed E-state index contributed by atoms with van der Waals surface area (Å²) in [6, 6.07) is 3.02. The predicted molar refractivity (Wildman–Crippen MR) is 135 cm³/mol. The first-order chi connectivity index (χ1) is 17.7. The number of carbonyl (C=O) groups is 1. The number of carbonyl (C=O) groups excluding carboxylic acids is 1.